The summed E-state index contributed by atoms with van der Waals surface area (Å²) >= 11 is 0. The van der Waals surface area contributed by atoms with Gasteiger partial charge in [0, 0.05) is 34.0 Å². The normalized spacial score (nSPS) is 17.5. The minimum absolute atomic E-state index is 0.237. The van der Waals surface area contributed by atoms with Crippen molar-refractivity contribution < 1.29 is 0 Å². The molecule has 180 valence electrons. The Kier molecular flexibility index (Phi) is 4.98. The number of nitrogens with zero attached hydrogens (tertiary/aromatic N) is 1. The Morgan fingerprint density at radius 3 is 2.38 bits per heavy atom. The third kappa shape index (κ3) is 3.27. The fourth-order valence-electron chi connectivity index (χ4n) is 6.87. The molecule has 1 aliphatic carbocycles. The Morgan fingerprint density at radius 1 is 0.784 bits per heavy atom. The number of hydrogen-bond acceptors (Lipinski definition) is 2. The lowest BCUT2D eigenvalue weighted by Gasteiger charge is -2.44. The van der Waals surface area contributed by atoms with Crippen LogP contribution in [0.15, 0.2) is 102 Å². The van der Waals surface area contributed by atoms with Gasteiger partial charge in [-0.25, -0.2) is 0 Å². The van der Waals surface area contributed by atoms with E-state index in [2.05, 4.69) is 129 Å². The number of fused-ring (bicyclic) bond motifs is 3. The van der Waals surface area contributed by atoms with E-state index in [1.54, 1.807) is 0 Å². The third-order valence-electron chi connectivity index (χ3n) is 8.44. The summed E-state index contributed by atoms with van der Waals surface area (Å²) in [6.45, 7) is 9.39. The highest BCUT2D eigenvalue weighted by Gasteiger charge is 2.45. The average molecular weight is 478 g/mol. The van der Waals surface area contributed by atoms with Gasteiger partial charge in [-0.1, -0.05) is 78.6 Å². The van der Waals surface area contributed by atoms with E-state index >= 15 is 0 Å². The van der Waals surface area contributed by atoms with Crippen molar-refractivity contribution >= 4 is 46.0 Å². The highest BCUT2D eigenvalue weighted by Crippen LogP contribution is 2.46. The lowest BCUT2D eigenvalue weighted by Crippen LogP contribution is -2.57. The second-order valence-electron chi connectivity index (χ2n) is 10.9. The predicted molar refractivity (Wildman–Crippen MR) is 159 cm³/mol. The van der Waals surface area contributed by atoms with E-state index in [0.717, 1.165) is 6.42 Å². The number of benzene rings is 4. The van der Waals surface area contributed by atoms with E-state index in [0.29, 0.717) is 5.92 Å². The van der Waals surface area contributed by atoms with E-state index in [1.165, 1.54) is 72.7 Å². The van der Waals surface area contributed by atoms with Crippen LogP contribution in [0.3, 0.4) is 0 Å². The van der Waals surface area contributed by atoms with E-state index in [1.807, 2.05) is 0 Å². The summed E-state index contributed by atoms with van der Waals surface area (Å²) in [6, 6.07) is 31.2. The molecule has 2 aliphatic heterocycles. The standard InChI is InChI=1S/C34H31BN2/c1-21-19-24(4)31-30(20-21)37(25-12-6-5-7-13-25)29-16-10-15-28-33(29)35(31)32-23(3)17-18-27(34(32)36-28)26-14-9-8-11-22(26)2/h5-16,18-20,23,36H,17H2,1-4H3. The molecule has 3 heteroatoms. The molecule has 37 heavy (non-hydrogen) atoms. The molecule has 2 nitrogen and oxygen atoms in total. The number of hydrogen-bond donors (Lipinski definition) is 1. The molecular formula is C34H31BN2. The van der Waals surface area contributed by atoms with Gasteiger partial charge in [0.05, 0.1) is 0 Å². The van der Waals surface area contributed by atoms with Crippen LogP contribution >= 0.6 is 0 Å². The van der Waals surface area contributed by atoms with Crippen molar-refractivity contribution in [2.75, 3.05) is 10.2 Å². The molecule has 0 bridgehead atoms. The molecule has 1 unspecified atom stereocenters. The van der Waals surface area contributed by atoms with Crippen molar-refractivity contribution in [3.8, 4) is 0 Å². The number of allylic oxidation sites excluding steroid dienone is 3. The molecule has 0 amide bonds. The molecule has 0 saturated heterocycles. The molecule has 2 heterocycles. The Balaban J connectivity index is 1.54. The maximum atomic E-state index is 3.96. The Hall–Kier alpha value is -3.98. The van der Waals surface area contributed by atoms with Gasteiger partial charge in [-0.2, -0.15) is 0 Å². The van der Waals surface area contributed by atoms with Gasteiger partial charge in [0.15, 0.2) is 0 Å². The summed E-state index contributed by atoms with van der Waals surface area (Å²) < 4.78 is 0. The lowest BCUT2D eigenvalue weighted by atomic mass is 9.30. The number of aryl methyl sites for hydroxylation is 3. The van der Waals surface area contributed by atoms with Gasteiger partial charge in [-0.15, -0.1) is 0 Å². The quantitative estimate of drug-likeness (QED) is 0.303. The largest absolute Gasteiger partial charge is 0.356 e. The maximum absolute atomic E-state index is 3.96. The number of anilines is 4. The summed E-state index contributed by atoms with van der Waals surface area (Å²) in [4.78, 5) is 2.48. The van der Waals surface area contributed by atoms with Gasteiger partial charge in [0.25, 0.3) is 0 Å². The Labute approximate surface area is 220 Å². The van der Waals surface area contributed by atoms with Crippen LogP contribution < -0.4 is 21.1 Å². The van der Waals surface area contributed by atoms with Crippen LogP contribution in [0.4, 0.5) is 22.7 Å². The van der Waals surface area contributed by atoms with Crippen LogP contribution in [0, 0.1) is 26.7 Å². The molecule has 0 saturated carbocycles. The maximum Gasteiger partial charge on any atom is 0.248 e. The van der Waals surface area contributed by atoms with Crippen LogP contribution in [0.1, 0.15) is 35.6 Å². The first-order chi connectivity index (χ1) is 18.0. The second-order valence-corrected chi connectivity index (χ2v) is 10.9. The van der Waals surface area contributed by atoms with Crippen molar-refractivity contribution in [3.05, 3.63) is 124 Å². The van der Waals surface area contributed by atoms with E-state index < -0.39 is 0 Å². The summed E-state index contributed by atoms with van der Waals surface area (Å²) in [5, 5.41) is 3.96. The predicted octanol–water partition coefficient (Wildman–Crippen LogP) is 7.35. The van der Waals surface area contributed by atoms with Crippen LogP contribution in [0.2, 0.25) is 0 Å². The molecule has 7 rings (SSSR count). The SMILES string of the molecule is Cc1cc(C)c2c(c1)N(c1ccccc1)c1cccc3c1B2C1=C(N3)C(c2ccccc2C)=CCC1C. The summed E-state index contributed by atoms with van der Waals surface area (Å²) in [5.74, 6) is 0.457. The van der Waals surface area contributed by atoms with Crippen molar-refractivity contribution in [2.45, 2.75) is 34.1 Å². The van der Waals surface area contributed by atoms with Crippen molar-refractivity contribution in [3.63, 3.8) is 0 Å². The Morgan fingerprint density at radius 2 is 1.57 bits per heavy atom. The van der Waals surface area contributed by atoms with E-state index in [4.69, 9.17) is 0 Å². The lowest BCUT2D eigenvalue weighted by molar-refractivity contribution is 0.712. The van der Waals surface area contributed by atoms with Crippen molar-refractivity contribution in [2.24, 2.45) is 5.92 Å². The molecule has 1 atom stereocenters. The summed E-state index contributed by atoms with van der Waals surface area (Å²) in [6.07, 6.45) is 3.51. The van der Waals surface area contributed by atoms with E-state index in [9.17, 15) is 0 Å². The highest BCUT2D eigenvalue weighted by molar-refractivity contribution is 6.95. The highest BCUT2D eigenvalue weighted by atomic mass is 15.2. The van der Waals surface area contributed by atoms with Crippen molar-refractivity contribution in [1.82, 2.24) is 0 Å². The first kappa shape index (κ1) is 22.2. The van der Waals surface area contributed by atoms with Gasteiger partial charge >= 0.3 is 0 Å². The minimum Gasteiger partial charge on any atom is -0.356 e. The van der Waals surface area contributed by atoms with Crippen LogP contribution in [0.5, 0.6) is 0 Å². The number of rotatable bonds is 2. The molecule has 0 aromatic heterocycles. The third-order valence-corrected chi connectivity index (χ3v) is 8.44. The smallest absolute Gasteiger partial charge is 0.248 e. The molecule has 1 N–H and O–H groups in total. The molecule has 0 fully saturated rings. The van der Waals surface area contributed by atoms with E-state index in [-0.39, 0.29) is 6.71 Å². The molecule has 0 radical (unpaired) electrons. The van der Waals surface area contributed by atoms with Gasteiger partial charge in [-0.3, -0.25) is 0 Å². The monoisotopic (exact) mass is 478 g/mol. The van der Waals surface area contributed by atoms with Crippen LogP contribution in [-0.4, -0.2) is 6.71 Å². The summed E-state index contributed by atoms with van der Waals surface area (Å²) in [7, 11) is 0. The first-order valence-corrected chi connectivity index (χ1v) is 13.4. The first-order valence-electron chi connectivity index (χ1n) is 13.4. The average Bonchev–Trinajstić information content (AvgIpc) is 2.89. The van der Waals surface area contributed by atoms with Gasteiger partial charge in [-0.05, 0) is 91.1 Å². The molecule has 0 spiro atoms. The molecule has 4 aromatic carbocycles. The number of para-hydroxylation sites is 1. The molecule has 3 aliphatic rings. The zero-order valence-electron chi connectivity index (χ0n) is 22.0. The Bertz CT molecular complexity index is 1630. The van der Waals surface area contributed by atoms with Crippen LogP contribution in [0.25, 0.3) is 5.57 Å². The summed E-state index contributed by atoms with van der Waals surface area (Å²) in [5.41, 5.74) is 17.4. The zero-order valence-corrected chi connectivity index (χ0v) is 22.0. The minimum atomic E-state index is 0.237. The van der Waals surface area contributed by atoms with Crippen LogP contribution in [-0.2, 0) is 0 Å². The fourth-order valence-corrected chi connectivity index (χ4v) is 6.87. The van der Waals surface area contributed by atoms with Gasteiger partial charge < -0.3 is 10.2 Å². The zero-order chi connectivity index (χ0) is 25.3. The van der Waals surface area contributed by atoms with Crippen molar-refractivity contribution in [1.29, 1.82) is 0 Å². The van der Waals surface area contributed by atoms with Gasteiger partial charge in [0.2, 0.25) is 6.71 Å². The number of nitrogens with one attached hydrogen (secondary N) is 1. The topological polar surface area (TPSA) is 15.3 Å². The molecular weight excluding hydrogens is 447 g/mol. The second kappa shape index (κ2) is 8.28. The molecule has 4 aromatic rings. The van der Waals surface area contributed by atoms with Gasteiger partial charge in [0.1, 0.15) is 0 Å². The fraction of sp³-hybridized carbons (Fsp3) is 0.176.